The van der Waals surface area contributed by atoms with Gasteiger partial charge in [-0.15, -0.1) is 11.3 Å². The Morgan fingerprint density at radius 3 is 2.23 bits per heavy atom. The van der Waals surface area contributed by atoms with Gasteiger partial charge in [0.15, 0.2) is 5.13 Å². The van der Waals surface area contributed by atoms with E-state index < -0.39 is 10.0 Å². The van der Waals surface area contributed by atoms with Gasteiger partial charge in [-0.25, -0.2) is 18.1 Å². The van der Waals surface area contributed by atoms with Crippen LogP contribution in [0.5, 0.6) is 0 Å². The Morgan fingerprint density at radius 1 is 0.949 bits per heavy atom. The molecular formula is C29H29N5O3S2. The Labute approximate surface area is 231 Å². The van der Waals surface area contributed by atoms with Gasteiger partial charge < -0.3 is 5.32 Å². The van der Waals surface area contributed by atoms with Crippen LogP contribution in [0.1, 0.15) is 54.6 Å². The van der Waals surface area contributed by atoms with Crippen molar-refractivity contribution in [3.8, 4) is 5.69 Å². The fourth-order valence-electron chi connectivity index (χ4n) is 7.41. The second-order valence-electron chi connectivity index (χ2n) is 11.3. The van der Waals surface area contributed by atoms with Crippen molar-refractivity contribution >= 4 is 38.1 Å². The van der Waals surface area contributed by atoms with E-state index in [9.17, 15) is 13.2 Å². The van der Waals surface area contributed by atoms with E-state index in [2.05, 4.69) is 15.0 Å². The topological polar surface area (TPSA) is 106 Å². The molecule has 4 saturated carbocycles. The number of sulfonamides is 1. The quantitative estimate of drug-likeness (QED) is 0.296. The maximum Gasteiger partial charge on any atom is 0.263 e. The molecule has 0 atom stereocenters. The summed E-state index contributed by atoms with van der Waals surface area (Å²) in [5.41, 5.74) is 2.90. The van der Waals surface area contributed by atoms with Crippen molar-refractivity contribution in [1.82, 2.24) is 14.8 Å². The maximum atomic E-state index is 13.8. The molecule has 2 aromatic carbocycles. The van der Waals surface area contributed by atoms with E-state index in [4.69, 9.17) is 5.10 Å². The van der Waals surface area contributed by atoms with Crippen LogP contribution in [-0.4, -0.2) is 29.1 Å². The van der Waals surface area contributed by atoms with Crippen LogP contribution in [0.15, 0.2) is 77.3 Å². The van der Waals surface area contributed by atoms with Crippen molar-refractivity contribution < 1.29 is 13.2 Å². The molecule has 2 N–H and O–H groups in total. The molecule has 4 aliphatic carbocycles. The molecule has 8 rings (SSSR count). The molecule has 0 unspecified atom stereocenters. The van der Waals surface area contributed by atoms with E-state index in [1.54, 1.807) is 23.7 Å². The molecule has 39 heavy (non-hydrogen) atoms. The van der Waals surface area contributed by atoms with Crippen LogP contribution < -0.4 is 10.0 Å². The Kier molecular flexibility index (Phi) is 5.85. The first-order valence-electron chi connectivity index (χ1n) is 13.4. The first-order valence-corrected chi connectivity index (χ1v) is 15.7. The van der Waals surface area contributed by atoms with Crippen molar-refractivity contribution in [2.75, 3.05) is 10.0 Å². The molecule has 10 heteroatoms. The van der Waals surface area contributed by atoms with Crippen LogP contribution in [0, 0.1) is 17.8 Å². The number of thiazole rings is 1. The van der Waals surface area contributed by atoms with Crippen LogP contribution in [-0.2, 0) is 15.4 Å². The van der Waals surface area contributed by atoms with Crippen LogP contribution >= 0.6 is 11.3 Å². The molecule has 4 bridgehead atoms. The molecule has 8 nitrogen and oxygen atoms in total. The summed E-state index contributed by atoms with van der Waals surface area (Å²) in [6, 6.07) is 16.1. The van der Waals surface area contributed by atoms with Gasteiger partial charge in [-0.3, -0.25) is 9.52 Å². The summed E-state index contributed by atoms with van der Waals surface area (Å²) < 4.78 is 29.7. The van der Waals surface area contributed by atoms with Crippen molar-refractivity contribution in [2.45, 2.75) is 48.8 Å². The smallest absolute Gasteiger partial charge is 0.263 e. The molecule has 200 valence electrons. The monoisotopic (exact) mass is 559 g/mol. The van der Waals surface area contributed by atoms with E-state index >= 15 is 0 Å². The Hall–Kier alpha value is -3.50. The average Bonchev–Trinajstić information content (AvgIpc) is 3.59. The highest BCUT2D eigenvalue weighted by Gasteiger charge is 2.54. The average molecular weight is 560 g/mol. The third-order valence-electron chi connectivity index (χ3n) is 8.60. The van der Waals surface area contributed by atoms with E-state index in [0.717, 1.165) is 48.4 Å². The fourth-order valence-corrected chi connectivity index (χ4v) is 9.20. The zero-order valence-electron chi connectivity index (χ0n) is 21.3. The number of anilines is 2. The summed E-state index contributed by atoms with van der Waals surface area (Å²) in [5, 5.41) is 10.1. The summed E-state index contributed by atoms with van der Waals surface area (Å²) in [4.78, 5) is 17.8. The second-order valence-corrected chi connectivity index (χ2v) is 13.9. The van der Waals surface area contributed by atoms with E-state index in [-0.39, 0.29) is 16.2 Å². The number of aromatic nitrogens is 3. The minimum atomic E-state index is -3.77. The number of carbonyl (C=O) groups excluding carboxylic acids is 1. The molecule has 1 amide bonds. The Bertz CT molecular complexity index is 1580. The highest BCUT2D eigenvalue weighted by molar-refractivity contribution is 7.93. The van der Waals surface area contributed by atoms with Gasteiger partial charge in [-0.1, -0.05) is 18.2 Å². The van der Waals surface area contributed by atoms with E-state index in [1.807, 2.05) is 41.2 Å². The van der Waals surface area contributed by atoms with E-state index in [1.165, 1.54) is 42.7 Å². The standard InChI is InChI=1S/C29H29N5O3S2/c35-27(31-22-6-8-24(9-7-22)39(36,37)33-28-30-10-11-38-28)25-18-34(23-4-2-1-3-5-23)32-26(25)29-15-19-12-20(16-29)14-21(13-19)17-29/h1-11,18-21H,12-17H2,(H,30,33)(H,31,35). The van der Waals surface area contributed by atoms with Gasteiger partial charge in [0.2, 0.25) is 0 Å². The SMILES string of the molecule is O=C(Nc1ccc(S(=O)(=O)Nc2nccs2)cc1)c1cn(-c2ccccc2)nc1C12CC3CC(CC(C3)C1)C2. The van der Waals surface area contributed by atoms with Crippen LogP contribution in [0.3, 0.4) is 0 Å². The largest absolute Gasteiger partial charge is 0.322 e. The summed E-state index contributed by atoms with van der Waals surface area (Å²) >= 11 is 1.21. The Balaban J connectivity index is 1.18. The molecule has 0 spiro atoms. The van der Waals surface area contributed by atoms with Crippen molar-refractivity contribution in [3.05, 3.63) is 83.6 Å². The lowest BCUT2D eigenvalue weighted by molar-refractivity contribution is -0.00765. The van der Waals surface area contributed by atoms with Gasteiger partial charge in [-0.2, -0.15) is 5.10 Å². The molecule has 4 aromatic rings. The molecule has 2 heterocycles. The highest BCUT2D eigenvalue weighted by Crippen LogP contribution is 2.61. The zero-order valence-corrected chi connectivity index (χ0v) is 22.9. The minimum Gasteiger partial charge on any atom is -0.322 e. The third kappa shape index (κ3) is 4.55. The summed E-state index contributed by atoms with van der Waals surface area (Å²) in [6.07, 6.45) is 10.6. The van der Waals surface area contributed by atoms with E-state index in [0.29, 0.717) is 16.4 Å². The lowest BCUT2D eigenvalue weighted by Gasteiger charge is -2.56. The molecule has 4 aliphatic rings. The van der Waals surface area contributed by atoms with Gasteiger partial charge in [0.25, 0.3) is 15.9 Å². The van der Waals surface area contributed by atoms with Crippen LogP contribution in [0.2, 0.25) is 0 Å². The zero-order chi connectivity index (χ0) is 26.6. The number of nitrogens with zero attached hydrogens (tertiary/aromatic N) is 3. The molecule has 2 aromatic heterocycles. The normalized spacial score (nSPS) is 25.5. The maximum absolute atomic E-state index is 13.8. The summed E-state index contributed by atoms with van der Waals surface area (Å²) in [5.74, 6) is 1.95. The Morgan fingerprint density at radius 2 is 1.62 bits per heavy atom. The van der Waals surface area contributed by atoms with Gasteiger partial charge in [0.1, 0.15) is 0 Å². The van der Waals surface area contributed by atoms with Crippen molar-refractivity contribution in [1.29, 1.82) is 0 Å². The van der Waals surface area contributed by atoms with Gasteiger partial charge in [0, 0.05) is 28.9 Å². The molecule has 0 saturated heterocycles. The first kappa shape index (κ1) is 24.5. The highest BCUT2D eigenvalue weighted by atomic mass is 32.2. The number of amides is 1. The van der Waals surface area contributed by atoms with Crippen LogP contribution in [0.4, 0.5) is 10.8 Å². The number of nitrogens with one attached hydrogen (secondary N) is 2. The summed E-state index contributed by atoms with van der Waals surface area (Å²) in [6.45, 7) is 0. The number of rotatable bonds is 7. The molecule has 4 fully saturated rings. The minimum absolute atomic E-state index is 0.0547. The molecule has 0 radical (unpaired) electrons. The number of benzene rings is 2. The van der Waals surface area contributed by atoms with Crippen molar-refractivity contribution in [2.24, 2.45) is 17.8 Å². The molecule has 0 aliphatic heterocycles. The van der Waals surface area contributed by atoms with Crippen molar-refractivity contribution in [3.63, 3.8) is 0 Å². The first-order chi connectivity index (χ1) is 18.9. The summed E-state index contributed by atoms with van der Waals surface area (Å²) in [7, 11) is -3.77. The van der Waals surface area contributed by atoms with Gasteiger partial charge >= 0.3 is 0 Å². The molecular weight excluding hydrogens is 530 g/mol. The lowest BCUT2D eigenvalue weighted by Crippen LogP contribution is -2.49. The lowest BCUT2D eigenvalue weighted by atomic mass is 9.48. The fraction of sp³-hybridized carbons (Fsp3) is 0.345. The predicted molar refractivity (Wildman–Crippen MR) is 151 cm³/mol. The number of para-hydroxylation sites is 1. The third-order valence-corrected chi connectivity index (χ3v) is 10.8. The number of carbonyl (C=O) groups is 1. The second kappa shape index (κ2) is 9.31. The number of hydrogen-bond donors (Lipinski definition) is 2. The van der Waals surface area contributed by atoms with Gasteiger partial charge in [0.05, 0.1) is 21.8 Å². The van der Waals surface area contributed by atoms with Crippen LogP contribution in [0.25, 0.3) is 5.69 Å². The predicted octanol–water partition coefficient (Wildman–Crippen LogP) is 5.85. The van der Waals surface area contributed by atoms with Gasteiger partial charge in [-0.05, 0) is 92.7 Å². The number of hydrogen-bond acceptors (Lipinski definition) is 6.